The largest absolute Gasteiger partial charge is 0.356 e. The van der Waals surface area contributed by atoms with Crippen molar-refractivity contribution in [2.24, 2.45) is 5.92 Å². The number of hydrogen-bond donors (Lipinski definition) is 2. The van der Waals surface area contributed by atoms with Gasteiger partial charge in [-0.2, -0.15) is 0 Å². The van der Waals surface area contributed by atoms with Crippen LogP contribution in [0.2, 0.25) is 0 Å². The molecular weight excluding hydrogens is 334 g/mol. The fraction of sp³-hybridized carbons (Fsp3) is 0.421. The van der Waals surface area contributed by atoms with Gasteiger partial charge in [-0.25, -0.2) is 4.98 Å². The van der Waals surface area contributed by atoms with E-state index >= 15 is 0 Å². The lowest BCUT2D eigenvalue weighted by atomic mass is 10.1. The second kappa shape index (κ2) is 7.78. The van der Waals surface area contributed by atoms with Crippen LogP contribution in [0.4, 0.5) is 5.13 Å². The first kappa shape index (κ1) is 17.6. The minimum absolute atomic E-state index is 0.0469. The number of aryl methyl sites for hydroxylation is 1. The standard InChI is InChI=1S/C19H23N3O2S/c1-12(2)10-11-20-18(24)14-8-9-15-16(14)21-19(25-15)22-17(23)13-6-4-3-5-7-13/h3-7,12,14H,8-11H2,1-2H3,(H,20,24)(H,21,22,23). The van der Waals surface area contributed by atoms with Gasteiger partial charge >= 0.3 is 0 Å². The van der Waals surface area contributed by atoms with E-state index in [1.807, 2.05) is 18.2 Å². The molecule has 0 saturated heterocycles. The van der Waals surface area contributed by atoms with Crippen LogP contribution < -0.4 is 10.6 Å². The molecule has 1 atom stereocenters. The van der Waals surface area contributed by atoms with Crippen LogP contribution in [0.1, 0.15) is 53.5 Å². The summed E-state index contributed by atoms with van der Waals surface area (Å²) >= 11 is 1.47. The number of thiazole rings is 1. The van der Waals surface area contributed by atoms with Crippen LogP contribution in [0, 0.1) is 5.92 Å². The van der Waals surface area contributed by atoms with Gasteiger partial charge in [0, 0.05) is 17.0 Å². The number of aromatic nitrogens is 1. The Morgan fingerprint density at radius 1 is 1.28 bits per heavy atom. The Hall–Kier alpha value is -2.21. The van der Waals surface area contributed by atoms with Crippen molar-refractivity contribution in [1.82, 2.24) is 10.3 Å². The molecule has 2 amide bonds. The van der Waals surface area contributed by atoms with Crippen molar-refractivity contribution in [2.75, 3.05) is 11.9 Å². The number of rotatable bonds is 6. The monoisotopic (exact) mass is 357 g/mol. The van der Waals surface area contributed by atoms with Gasteiger partial charge in [0.1, 0.15) is 0 Å². The number of hydrogen-bond acceptors (Lipinski definition) is 4. The number of nitrogens with zero attached hydrogens (tertiary/aromatic N) is 1. The van der Waals surface area contributed by atoms with Crippen LogP contribution in [0.3, 0.4) is 0 Å². The highest BCUT2D eigenvalue weighted by atomic mass is 32.1. The average molecular weight is 357 g/mol. The number of fused-ring (bicyclic) bond motifs is 1. The second-order valence-electron chi connectivity index (χ2n) is 6.71. The molecular formula is C19H23N3O2S. The van der Waals surface area contributed by atoms with Gasteiger partial charge in [-0.3, -0.25) is 14.9 Å². The molecule has 1 aromatic heterocycles. The molecule has 1 unspecified atom stereocenters. The highest BCUT2D eigenvalue weighted by molar-refractivity contribution is 7.16. The van der Waals surface area contributed by atoms with E-state index in [2.05, 4.69) is 29.5 Å². The summed E-state index contributed by atoms with van der Waals surface area (Å²) in [4.78, 5) is 30.3. The highest BCUT2D eigenvalue weighted by Gasteiger charge is 2.32. The first-order chi connectivity index (χ1) is 12.0. The molecule has 2 aromatic rings. The average Bonchev–Trinajstić information content (AvgIpc) is 3.15. The zero-order valence-electron chi connectivity index (χ0n) is 14.5. The van der Waals surface area contributed by atoms with E-state index in [0.717, 1.165) is 29.8 Å². The molecule has 5 nitrogen and oxygen atoms in total. The Kier molecular flexibility index (Phi) is 5.48. The fourth-order valence-corrected chi connectivity index (χ4v) is 3.94. The number of carbonyl (C=O) groups excluding carboxylic acids is 2. The summed E-state index contributed by atoms with van der Waals surface area (Å²) in [5, 5.41) is 6.42. The molecule has 0 bridgehead atoms. The van der Waals surface area contributed by atoms with Gasteiger partial charge in [0.05, 0.1) is 11.6 Å². The van der Waals surface area contributed by atoms with E-state index in [-0.39, 0.29) is 17.7 Å². The Labute approximate surface area is 151 Å². The van der Waals surface area contributed by atoms with Gasteiger partial charge in [-0.1, -0.05) is 32.0 Å². The predicted octanol–water partition coefficient (Wildman–Crippen LogP) is 3.59. The van der Waals surface area contributed by atoms with Crippen molar-refractivity contribution in [2.45, 2.75) is 39.0 Å². The summed E-state index contributed by atoms with van der Waals surface area (Å²) in [5.41, 5.74) is 1.43. The van der Waals surface area contributed by atoms with Crippen molar-refractivity contribution in [3.8, 4) is 0 Å². The Morgan fingerprint density at radius 3 is 2.76 bits per heavy atom. The van der Waals surface area contributed by atoms with Crippen molar-refractivity contribution in [3.05, 3.63) is 46.5 Å². The molecule has 1 aliphatic carbocycles. The van der Waals surface area contributed by atoms with Gasteiger partial charge in [-0.15, -0.1) is 11.3 Å². The quantitative estimate of drug-likeness (QED) is 0.830. The zero-order valence-corrected chi connectivity index (χ0v) is 15.4. The Balaban J connectivity index is 1.64. The summed E-state index contributed by atoms with van der Waals surface area (Å²) in [7, 11) is 0. The van der Waals surface area contributed by atoms with Crippen LogP contribution in [0.15, 0.2) is 30.3 Å². The molecule has 1 aromatic carbocycles. The van der Waals surface area contributed by atoms with E-state index in [0.29, 0.717) is 23.2 Å². The number of nitrogens with one attached hydrogen (secondary N) is 2. The van der Waals surface area contributed by atoms with Crippen LogP contribution in [-0.4, -0.2) is 23.3 Å². The molecule has 1 heterocycles. The van der Waals surface area contributed by atoms with Gasteiger partial charge in [-0.05, 0) is 37.3 Å². The maximum absolute atomic E-state index is 12.4. The third-order valence-electron chi connectivity index (χ3n) is 4.31. The zero-order chi connectivity index (χ0) is 17.8. The minimum Gasteiger partial charge on any atom is -0.356 e. The lowest BCUT2D eigenvalue weighted by Crippen LogP contribution is -2.30. The van der Waals surface area contributed by atoms with Crippen molar-refractivity contribution in [3.63, 3.8) is 0 Å². The maximum Gasteiger partial charge on any atom is 0.257 e. The van der Waals surface area contributed by atoms with Gasteiger partial charge in [0.15, 0.2) is 5.13 Å². The summed E-state index contributed by atoms with van der Waals surface area (Å²) in [5.74, 6) is 0.246. The first-order valence-corrected chi connectivity index (χ1v) is 9.50. The molecule has 0 spiro atoms. The third-order valence-corrected chi connectivity index (χ3v) is 5.36. The summed E-state index contributed by atoms with van der Waals surface area (Å²) in [6.45, 7) is 4.98. The maximum atomic E-state index is 12.4. The molecule has 0 saturated carbocycles. The van der Waals surface area contributed by atoms with Crippen molar-refractivity contribution < 1.29 is 9.59 Å². The number of carbonyl (C=O) groups is 2. The van der Waals surface area contributed by atoms with Gasteiger partial charge in [0.25, 0.3) is 5.91 Å². The number of anilines is 1. The van der Waals surface area contributed by atoms with E-state index < -0.39 is 0 Å². The summed E-state index contributed by atoms with van der Waals surface area (Å²) in [6, 6.07) is 9.06. The fourth-order valence-electron chi connectivity index (χ4n) is 2.90. The predicted molar refractivity (Wildman–Crippen MR) is 100 cm³/mol. The van der Waals surface area contributed by atoms with Gasteiger partial charge in [0.2, 0.25) is 5.91 Å². The third kappa shape index (κ3) is 4.25. The molecule has 0 aliphatic heterocycles. The minimum atomic E-state index is -0.194. The topological polar surface area (TPSA) is 71.1 Å². The van der Waals surface area contributed by atoms with Crippen molar-refractivity contribution >= 4 is 28.3 Å². The normalized spacial score (nSPS) is 15.9. The van der Waals surface area contributed by atoms with E-state index in [1.54, 1.807) is 12.1 Å². The highest BCUT2D eigenvalue weighted by Crippen LogP contribution is 2.38. The van der Waals surface area contributed by atoms with E-state index in [9.17, 15) is 9.59 Å². The van der Waals surface area contributed by atoms with Crippen LogP contribution in [0.5, 0.6) is 0 Å². The molecule has 0 radical (unpaired) electrons. The Bertz CT molecular complexity index is 755. The van der Waals surface area contributed by atoms with Gasteiger partial charge < -0.3 is 5.32 Å². The smallest absolute Gasteiger partial charge is 0.257 e. The van der Waals surface area contributed by atoms with Crippen LogP contribution in [-0.2, 0) is 11.2 Å². The lowest BCUT2D eigenvalue weighted by Gasteiger charge is -2.11. The molecule has 0 fully saturated rings. The lowest BCUT2D eigenvalue weighted by molar-refractivity contribution is -0.122. The molecule has 132 valence electrons. The summed E-state index contributed by atoms with van der Waals surface area (Å²) < 4.78 is 0. The van der Waals surface area contributed by atoms with Crippen molar-refractivity contribution in [1.29, 1.82) is 0 Å². The molecule has 1 aliphatic rings. The summed E-state index contributed by atoms with van der Waals surface area (Å²) in [6.07, 6.45) is 2.62. The van der Waals surface area contributed by atoms with Crippen LogP contribution >= 0.6 is 11.3 Å². The molecule has 3 rings (SSSR count). The number of benzene rings is 1. The Morgan fingerprint density at radius 2 is 2.04 bits per heavy atom. The molecule has 2 N–H and O–H groups in total. The van der Waals surface area contributed by atoms with E-state index in [1.165, 1.54) is 11.3 Å². The van der Waals surface area contributed by atoms with Crippen LogP contribution in [0.25, 0.3) is 0 Å². The first-order valence-electron chi connectivity index (χ1n) is 8.68. The molecule has 25 heavy (non-hydrogen) atoms. The number of amides is 2. The molecule has 6 heteroatoms. The second-order valence-corrected chi connectivity index (χ2v) is 7.80. The van der Waals surface area contributed by atoms with E-state index in [4.69, 9.17) is 0 Å². The SMILES string of the molecule is CC(C)CCNC(=O)C1CCc2sc(NC(=O)c3ccccc3)nc21.